The van der Waals surface area contributed by atoms with Crippen LogP contribution in [0.1, 0.15) is 70.4 Å². The van der Waals surface area contributed by atoms with Gasteiger partial charge in [-0.2, -0.15) is 4.31 Å². The Morgan fingerprint density at radius 1 is 1.05 bits per heavy atom. The average molecular weight is 581 g/mol. The van der Waals surface area contributed by atoms with Gasteiger partial charge in [-0.1, -0.05) is 51.8 Å². The van der Waals surface area contributed by atoms with E-state index in [1.165, 1.54) is 4.31 Å². The largest absolute Gasteiger partial charge is 0.396 e. The maximum Gasteiger partial charge on any atom is 0.250 e. The molecule has 2 aliphatic heterocycles. The minimum absolute atomic E-state index is 0.00705. The number of nitrogens with two attached hydrogens (primary N) is 1. The lowest BCUT2D eigenvalue weighted by Gasteiger charge is -2.36. The van der Waals surface area contributed by atoms with Crippen LogP contribution in [0.4, 0.5) is 5.69 Å². The predicted molar refractivity (Wildman–Crippen MR) is 165 cm³/mol. The van der Waals surface area contributed by atoms with Crippen molar-refractivity contribution in [2.75, 3.05) is 32.8 Å². The number of unbranched alkanes of at least 4 members (excludes halogenated alkanes) is 2. The molecule has 1 amide bonds. The van der Waals surface area contributed by atoms with Gasteiger partial charge in [-0.15, -0.1) is 0 Å². The Hall–Kier alpha value is -3.01. The van der Waals surface area contributed by atoms with Crippen molar-refractivity contribution < 1.29 is 18.3 Å². The minimum atomic E-state index is -3.65. The highest BCUT2D eigenvalue weighted by molar-refractivity contribution is 7.89. The van der Waals surface area contributed by atoms with Crippen LogP contribution < -0.4 is 5.73 Å². The van der Waals surface area contributed by atoms with Crippen molar-refractivity contribution in [2.24, 2.45) is 16.6 Å². The van der Waals surface area contributed by atoms with Crippen molar-refractivity contribution in [1.29, 1.82) is 0 Å². The molecule has 0 saturated carbocycles. The average Bonchev–Trinajstić information content (AvgIpc) is 3.10. The Labute approximate surface area is 245 Å². The number of aryl methyl sites for hydroxylation is 1. The van der Waals surface area contributed by atoms with E-state index in [9.17, 15) is 18.3 Å². The number of aliphatic imine (C=N–C) groups is 1. The molecular weight excluding hydrogens is 536 g/mol. The number of hydrogen-bond donors (Lipinski definition) is 2. The lowest BCUT2D eigenvalue weighted by Crippen LogP contribution is -2.51. The van der Waals surface area contributed by atoms with Gasteiger partial charge in [-0.05, 0) is 66.6 Å². The number of hydrogen-bond acceptors (Lipinski definition) is 6. The van der Waals surface area contributed by atoms with E-state index in [4.69, 9.17) is 10.7 Å². The van der Waals surface area contributed by atoms with Crippen molar-refractivity contribution in [3.8, 4) is 11.1 Å². The third kappa shape index (κ3) is 7.08. The van der Waals surface area contributed by atoms with Gasteiger partial charge in [0, 0.05) is 56.3 Å². The first-order chi connectivity index (χ1) is 19.7. The quantitative estimate of drug-likeness (QED) is 0.319. The van der Waals surface area contributed by atoms with Gasteiger partial charge in [-0.3, -0.25) is 4.79 Å². The summed E-state index contributed by atoms with van der Waals surface area (Å²) >= 11 is 0. The second kappa shape index (κ2) is 13.8. The number of benzene rings is 2. The number of aliphatic hydroxyl groups excluding tert-OH is 1. The summed E-state index contributed by atoms with van der Waals surface area (Å²) in [5, 5.41) is 9.33. The number of carbonyl (C=O) groups excluding carboxylic acids is 1. The standard InChI is InChI=1S/C32H44N4O4S/c1-4-7-8-10-25-15-26(24-11-9-12-28(16-24)41(39,40)36-20-23(21-36)22-37)18-30-29(25)17-27(19-31(33)34-30)32(38)35(13-5-2)14-6-3/h9,11-12,15-18,23,37H,4-8,10,13-14,19-22H2,1-3H3,(H2,33,34). The van der Waals surface area contributed by atoms with Crippen LogP contribution in [0.25, 0.3) is 17.2 Å². The highest BCUT2D eigenvalue weighted by atomic mass is 32.2. The van der Waals surface area contributed by atoms with Crippen LogP contribution in [0, 0.1) is 5.92 Å². The molecule has 0 spiro atoms. The molecule has 4 rings (SSSR count). The number of nitrogens with zero attached hydrogens (tertiary/aromatic N) is 3. The molecular formula is C32H44N4O4S. The maximum atomic E-state index is 13.6. The molecule has 1 fully saturated rings. The van der Waals surface area contributed by atoms with E-state index in [2.05, 4.69) is 26.8 Å². The first-order valence-corrected chi connectivity index (χ1v) is 16.4. The second-order valence-corrected chi connectivity index (χ2v) is 13.1. The smallest absolute Gasteiger partial charge is 0.250 e. The Morgan fingerprint density at radius 3 is 2.44 bits per heavy atom. The molecule has 0 aromatic heterocycles. The van der Waals surface area contributed by atoms with E-state index >= 15 is 0 Å². The maximum absolute atomic E-state index is 13.6. The molecule has 2 aromatic carbocycles. The Bertz CT molecular complexity index is 1400. The van der Waals surface area contributed by atoms with Crippen molar-refractivity contribution in [3.63, 3.8) is 0 Å². The summed E-state index contributed by atoms with van der Waals surface area (Å²) in [6, 6.07) is 11.1. The van der Waals surface area contributed by atoms with Gasteiger partial charge >= 0.3 is 0 Å². The lowest BCUT2D eigenvalue weighted by atomic mass is 9.93. The second-order valence-electron chi connectivity index (χ2n) is 11.2. The van der Waals surface area contributed by atoms with Crippen molar-refractivity contribution >= 4 is 33.5 Å². The van der Waals surface area contributed by atoms with Crippen LogP contribution in [-0.4, -0.2) is 67.3 Å². The molecule has 2 aliphatic rings. The molecule has 0 atom stereocenters. The molecule has 0 bridgehead atoms. The van der Waals surface area contributed by atoms with Gasteiger partial charge in [0.05, 0.1) is 10.6 Å². The van der Waals surface area contributed by atoms with Crippen molar-refractivity contribution in [2.45, 2.75) is 70.6 Å². The topological polar surface area (TPSA) is 116 Å². The number of carbonyl (C=O) groups is 1. The normalized spacial score (nSPS) is 15.9. The summed E-state index contributed by atoms with van der Waals surface area (Å²) in [5.74, 6) is 0.392. The number of aliphatic hydroxyl groups is 1. The molecule has 2 heterocycles. The first-order valence-electron chi connectivity index (χ1n) is 14.9. The fourth-order valence-electron chi connectivity index (χ4n) is 5.52. The number of amidine groups is 1. The molecule has 41 heavy (non-hydrogen) atoms. The molecule has 222 valence electrons. The zero-order chi connectivity index (χ0) is 29.6. The summed E-state index contributed by atoms with van der Waals surface area (Å²) in [7, 11) is -3.65. The van der Waals surface area contributed by atoms with Crippen LogP contribution in [0.2, 0.25) is 0 Å². The highest BCUT2D eigenvalue weighted by Gasteiger charge is 2.36. The number of rotatable bonds is 13. The number of sulfonamides is 1. The summed E-state index contributed by atoms with van der Waals surface area (Å²) < 4.78 is 27.9. The highest BCUT2D eigenvalue weighted by Crippen LogP contribution is 2.37. The molecule has 0 radical (unpaired) electrons. The van der Waals surface area contributed by atoms with Crippen LogP contribution in [0.3, 0.4) is 0 Å². The third-order valence-corrected chi connectivity index (χ3v) is 9.61. The van der Waals surface area contributed by atoms with E-state index in [-0.39, 0.29) is 23.3 Å². The molecule has 3 N–H and O–H groups in total. The molecule has 1 saturated heterocycles. The first kappa shape index (κ1) is 30.9. The minimum Gasteiger partial charge on any atom is -0.396 e. The van der Waals surface area contributed by atoms with E-state index in [0.29, 0.717) is 49.7 Å². The van der Waals surface area contributed by atoms with Gasteiger partial charge in [0.25, 0.3) is 0 Å². The fourth-order valence-corrected chi connectivity index (χ4v) is 7.16. The van der Waals surface area contributed by atoms with E-state index < -0.39 is 10.0 Å². The Morgan fingerprint density at radius 2 is 1.78 bits per heavy atom. The predicted octanol–water partition coefficient (Wildman–Crippen LogP) is 5.12. The molecule has 0 unspecified atom stereocenters. The van der Waals surface area contributed by atoms with Gasteiger partial charge in [0.2, 0.25) is 15.9 Å². The number of amides is 1. The molecule has 8 nitrogen and oxygen atoms in total. The van der Waals surface area contributed by atoms with Crippen LogP contribution in [0.5, 0.6) is 0 Å². The van der Waals surface area contributed by atoms with Crippen molar-refractivity contribution in [3.05, 3.63) is 53.1 Å². The lowest BCUT2D eigenvalue weighted by molar-refractivity contribution is -0.127. The van der Waals surface area contributed by atoms with Crippen LogP contribution >= 0.6 is 0 Å². The molecule has 0 aliphatic carbocycles. The zero-order valence-corrected chi connectivity index (χ0v) is 25.4. The summed E-state index contributed by atoms with van der Waals surface area (Å²) in [5.41, 5.74) is 11.4. The van der Waals surface area contributed by atoms with E-state index in [1.807, 2.05) is 23.1 Å². The third-order valence-electron chi connectivity index (χ3n) is 7.78. The van der Waals surface area contributed by atoms with Crippen molar-refractivity contribution in [1.82, 2.24) is 9.21 Å². The van der Waals surface area contributed by atoms with Gasteiger partial charge in [-0.25, -0.2) is 13.4 Å². The number of fused-ring (bicyclic) bond motifs is 1. The summed E-state index contributed by atoms with van der Waals surface area (Å²) in [6.07, 6.45) is 8.03. The zero-order valence-electron chi connectivity index (χ0n) is 24.6. The fraction of sp³-hybridized carbons (Fsp3) is 0.500. The SMILES string of the molecule is CCCCCc1cc(-c2cccc(S(=O)(=O)N3CC(CO)C3)c2)cc2c1C=C(C(=O)N(CCC)CCC)CC(N)=N2. The Kier molecular flexibility index (Phi) is 10.4. The Balaban J connectivity index is 1.76. The van der Waals surface area contributed by atoms with E-state index in [1.54, 1.807) is 18.2 Å². The summed E-state index contributed by atoms with van der Waals surface area (Å²) in [4.78, 5) is 20.5. The van der Waals surface area contributed by atoms with E-state index in [0.717, 1.165) is 60.8 Å². The van der Waals surface area contributed by atoms with Gasteiger partial charge in [0.15, 0.2) is 0 Å². The summed E-state index contributed by atoms with van der Waals surface area (Å²) in [6.45, 7) is 8.37. The molecule has 2 aromatic rings. The van der Waals surface area contributed by atoms with Crippen LogP contribution in [0.15, 0.2) is 51.9 Å². The monoisotopic (exact) mass is 580 g/mol. The van der Waals surface area contributed by atoms with Gasteiger partial charge < -0.3 is 15.7 Å². The molecule has 9 heteroatoms. The van der Waals surface area contributed by atoms with Crippen LogP contribution in [-0.2, 0) is 21.2 Å². The van der Waals surface area contributed by atoms with Gasteiger partial charge in [0.1, 0.15) is 5.84 Å².